The summed E-state index contributed by atoms with van der Waals surface area (Å²) in [5.41, 5.74) is 1.87. The van der Waals surface area contributed by atoms with E-state index in [1.807, 2.05) is 19.2 Å². The van der Waals surface area contributed by atoms with Crippen LogP contribution in [0.15, 0.2) is 27.3 Å². The summed E-state index contributed by atoms with van der Waals surface area (Å²) in [6, 6.07) is 3.86. The van der Waals surface area contributed by atoms with Crippen LogP contribution in [0.1, 0.15) is 0 Å². The Labute approximate surface area is 110 Å². The van der Waals surface area contributed by atoms with E-state index in [0.717, 1.165) is 31.3 Å². The van der Waals surface area contributed by atoms with Gasteiger partial charge in [0.1, 0.15) is 5.75 Å². The van der Waals surface area contributed by atoms with E-state index in [9.17, 15) is 0 Å². The molecule has 0 radical (unpaired) electrons. The highest BCUT2D eigenvalue weighted by molar-refractivity contribution is 9.11. The summed E-state index contributed by atoms with van der Waals surface area (Å²) < 4.78 is 7.25. The number of hydrogen-bond donors (Lipinski definition) is 1. The Kier molecular flexibility index (Phi) is 3.35. The lowest BCUT2D eigenvalue weighted by molar-refractivity contribution is 0.417. The fourth-order valence-electron chi connectivity index (χ4n) is 1.65. The molecule has 0 aliphatic heterocycles. The molecule has 0 aliphatic carbocycles. The first-order valence-corrected chi connectivity index (χ1v) is 6.26. The molecule has 2 aromatic rings. The van der Waals surface area contributed by atoms with Gasteiger partial charge in [-0.05, 0) is 44.0 Å². The van der Waals surface area contributed by atoms with E-state index in [2.05, 4.69) is 42.2 Å². The number of ether oxygens (including phenoxy) is 1. The van der Waals surface area contributed by atoms with Crippen LogP contribution in [0.5, 0.6) is 5.75 Å². The number of aromatic nitrogens is 1. The molecule has 2 rings (SSSR count). The van der Waals surface area contributed by atoms with Gasteiger partial charge in [-0.25, -0.2) is 0 Å². The highest BCUT2D eigenvalue weighted by Crippen LogP contribution is 2.40. The van der Waals surface area contributed by atoms with Gasteiger partial charge in [0.15, 0.2) is 0 Å². The van der Waals surface area contributed by atoms with E-state index in [-0.39, 0.29) is 0 Å². The van der Waals surface area contributed by atoms with Crippen molar-refractivity contribution in [2.75, 3.05) is 19.5 Å². The highest BCUT2D eigenvalue weighted by atomic mass is 79.9. The van der Waals surface area contributed by atoms with E-state index in [0.29, 0.717) is 0 Å². The second-order valence-corrected chi connectivity index (χ2v) is 4.91. The zero-order chi connectivity index (χ0) is 11.7. The predicted molar refractivity (Wildman–Crippen MR) is 73.2 cm³/mol. The molecule has 0 atom stereocenters. The number of methoxy groups -OCH3 is 1. The van der Waals surface area contributed by atoms with Crippen LogP contribution in [0.2, 0.25) is 0 Å². The van der Waals surface area contributed by atoms with Crippen LogP contribution in [0.4, 0.5) is 5.69 Å². The molecule has 1 heterocycles. The minimum absolute atomic E-state index is 0.788. The maximum Gasteiger partial charge on any atom is 0.144 e. The molecule has 1 N–H and O–H groups in total. The average Bonchev–Trinajstić information content (AvgIpc) is 2.29. The molecule has 0 saturated carbocycles. The van der Waals surface area contributed by atoms with Crippen molar-refractivity contribution >= 4 is 48.5 Å². The third kappa shape index (κ3) is 1.78. The Morgan fingerprint density at radius 3 is 2.69 bits per heavy atom. The monoisotopic (exact) mass is 344 g/mol. The summed E-state index contributed by atoms with van der Waals surface area (Å²) in [6.45, 7) is 0. The van der Waals surface area contributed by atoms with Gasteiger partial charge in [-0.2, -0.15) is 0 Å². The number of nitrogens with one attached hydrogen (secondary N) is 1. The Balaban J connectivity index is 2.94. The minimum atomic E-state index is 0.788. The molecular formula is C11H10Br2N2O. The van der Waals surface area contributed by atoms with Crippen LogP contribution < -0.4 is 10.1 Å². The van der Waals surface area contributed by atoms with Gasteiger partial charge in [0.05, 0.1) is 22.5 Å². The van der Waals surface area contributed by atoms with Crippen molar-refractivity contribution in [3.63, 3.8) is 0 Å². The van der Waals surface area contributed by atoms with Crippen molar-refractivity contribution in [1.29, 1.82) is 0 Å². The summed E-state index contributed by atoms with van der Waals surface area (Å²) in [7, 11) is 3.53. The summed E-state index contributed by atoms with van der Waals surface area (Å²) in [5.74, 6) is 0.788. The molecule has 0 amide bonds. The molecular weight excluding hydrogens is 336 g/mol. The number of nitrogens with zero attached hydrogens (tertiary/aromatic N) is 1. The quantitative estimate of drug-likeness (QED) is 0.898. The molecule has 5 heteroatoms. The molecule has 0 bridgehead atoms. The van der Waals surface area contributed by atoms with Crippen molar-refractivity contribution < 1.29 is 4.74 Å². The number of benzene rings is 1. The van der Waals surface area contributed by atoms with Crippen molar-refractivity contribution in [3.05, 3.63) is 27.3 Å². The summed E-state index contributed by atoms with van der Waals surface area (Å²) >= 11 is 6.98. The van der Waals surface area contributed by atoms with E-state index >= 15 is 0 Å². The van der Waals surface area contributed by atoms with Gasteiger partial charge in [-0.15, -0.1) is 0 Å². The fraction of sp³-hybridized carbons (Fsp3) is 0.182. The largest absolute Gasteiger partial charge is 0.495 e. The Morgan fingerprint density at radius 2 is 2.06 bits per heavy atom. The van der Waals surface area contributed by atoms with Gasteiger partial charge < -0.3 is 10.1 Å². The van der Waals surface area contributed by atoms with E-state index in [1.165, 1.54) is 0 Å². The lowest BCUT2D eigenvalue weighted by atomic mass is 10.1. The second-order valence-electron chi connectivity index (χ2n) is 3.21. The number of hydrogen-bond acceptors (Lipinski definition) is 3. The summed E-state index contributed by atoms with van der Waals surface area (Å²) in [4.78, 5) is 4.35. The highest BCUT2D eigenvalue weighted by Gasteiger charge is 2.13. The number of halogens is 2. The summed E-state index contributed by atoms with van der Waals surface area (Å²) in [6.07, 6.45) is 1.77. The normalized spacial score (nSPS) is 10.5. The average molecular weight is 346 g/mol. The van der Waals surface area contributed by atoms with Crippen LogP contribution in [-0.4, -0.2) is 19.1 Å². The molecule has 1 aromatic heterocycles. The zero-order valence-electron chi connectivity index (χ0n) is 8.84. The molecule has 0 saturated heterocycles. The topological polar surface area (TPSA) is 34.2 Å². The Bertz CT molecular complexity index is 543. The summed E-state index contributed by atoms with van der Waals surface area (Å²) in [5, 5.41) is 4.10. The van der Waals surface area contributed by atoms with Gasteiger partial charge in [-0.1, -0.05) is 0 Å². The van der Waals surface area contributed by atoms with Gasteiger partial charge >= 0.3 is 0 Å². The smallest absolute Gasteiger partial charge is 0.144 e. The first-order chi connectivity index (χ1) is 7.69. The van der Waals surface area contributed by atoms with Crippen LogP contribution >= 0.6 is 31.9 Å². The maximum atomic E-state index is 5.41. The lowest BCUT2D eigenvalue weighted by Crippen LogP contribution is -1.95. The van der Waals surface area contributed by atoms with Crippen LogP contribution in [0.3, 0.4) is 0 Å². The zero-order valence-corrected chi connectivity index (χ0v) is 12.0. The number of anilines is 1. The van der Waals surface area contributed by atoms with E-state index < -0.39 is 0 Å². The van der Waals surface area contributed by atoms with Crippen molar-refractivity contribution in [2.45, 2.75) is 0 Å². The van der Waals surface area contributed by atoms with Crippen LogP contribution in [-0.2, 0) is 0 Å². The standard InChI is InChI=1S/C11H10Br2N2O/c1-14-8-3-4-15-10-6(12)5-7(13)11(16-2)9(8)10/h3-5H,1-2H3,(H,14,15). The van der Waals surface area contributed by atoms with E-state index in [4.69, 9.17) is 4.74 Å². The molecule has 0 fully saturated rings. The Hall–Kier alpha value is -0.810. The fourth-order valence-corrected chi connectivity index (χ4v) is 3.07. The molecule has 3 nitrogen and oxygen atoms in total. The SMILES string of the molecule is CNc1ccnc2c(Br)cc(Br)c(OC)c12. The first-order valence-electron chi connectivity index (χ1n) is 4.67. The van der Waals surface area contributed by atoms with Crippen molar-refractivity contribution in [2.24, 2.45) is 0 Å². The van der Waals surface area contributed by atoms with Crippen molar-refractivity contribution in [3.8, 4) is 5.75 Å². The first kappa shape index (κ1) is 11.7. The third-order valence-electron chi connectivity index (χ3n) is 2.35. The molecule has 0 aliphatic rings. The molecule has 0 unspecified atom stereocenters. The molecule has 84 valence electrons. The van der Waals surface area contributed by atoms with Gasteiger partial charge in [0.25, 0.3) is 0 Å². The van der Waals surface area contributed by atoms with E-state index in [1.54, 1.807) is 13.3 Å². The Morgan fingerprint density at radius 1 is 1.31 bits per heavy atom. The number of pyridine rings is 1. The molecule has 0 spiro atoms. The van der Waals surface area contributed by atoms with Crippen molar-refractivity contribution in [1.82, 2.24) is 4.98 Å². The lowest BCUT2D eigenvalue weighted by Gasteiger charge is -2.12. The van der Waals surface area contributed by atoms with Gasteiger partial charge in [-0.3, -0.25) is 4.98 Å². The third-order valence-corrected chi connectivity index (χ3v) is 3.54. The predicted octanol–water partition coefficient (Wildman–Crippen LogP) is 3.81. The van der Waals surface area contributed by atoms with Gasteiger partial charge in [0, 0.05) is 23.4 Å². The maximum absolute atomic E-state index is 5.41. The minimum Gasteiger partial charge on any atom is -0.495 e. The molecule has 1 aromatic carbocycles. The second kappa shape index (κ2) is 4.59. The van der Waals surface area contributed by atoms with Crippen LogP contribution in [0, 0.1) is 0 Å². The number of fused-ring (bicyclic) bond motifs is 1. The van der Waals surface area contributed by atoms with Crippen LogP contribution in [0.25, 0.3) is 10.9 Å². The molecule has 16 heavy (non-hydrogen) atoms. The number of rotatable bonds is 2. The van der Waals surface area contributed by atoms with Gasteiger partial charge in [0.2, 0.25) is 0 Å².